The Morgan fingerprint density at radius 2 is 1.87 bits per heavy atom. The Balaban J connectivity index is 2.45. The number of nitrogens with zero attached hydrogens (tertiary/aromatic N) is 2. The molecule has 0 atom stereocenters. The molecule has 0 spiro atoms. The Bertz CT molecular complexity index is 485. The summed E-state index contributed by atoms with van der Waals surface area (Å²) in [6.45, 7) is 0. The van der Waals surface area contributed by atoms with Gasteiger partial charge in [0.1, 0.15) is 0 Å². The lowest BCUT2D eigenvalue weighted by Crippen LogP contribution is -1.91. The summed E-state index contributed by atoms with van der Waals surface area (Å²) in [6.07, 6.45) is 2.65. The van der Waals surface area contributed by atoms with Crippen molar-refractivity contribution in [1.29, 1.82) is 0 Å². The molecule has 2 rings (SSSR count). The molecule has 2 aromatic rings. The Morgan fingerprint density at radius 1 is 1.07 bits per heavy atom. The van der Waals surface area contributed by atoms with Crippen LogP contribution in [0.2, 0.25) is 5.02 Å². The van der Waals surface area contributed by atoms with Gasteiger partial charge in [-0.05, 0) is 18.2 Å². The van der Waals surface area contributed by atoms with Gasteiger partial charge in [0.25, 0.3) is 0 Å². The minimum atomic E-state index is -1.12. The van der Waals surface area contributed by atoms with Crippen LogP contribution in [0.15, 0.2) is 30.6 Å². The van der Waals surface area contributed by atoms with E-state index in [2.05, 4.69) is 9.97 Å². The standard InChI is InChI=1S/C10H5ClF2N2/c11-7-1-2-9(14-5-7)6-3-8(12)10(13)15-4-6/h1-5H. The molecule has 0 aromatic carbocycles. The fourth-order valence-electron chi connectivity index (χ4n) is 1.11. The third kappa shape index (κ3) is 2.10. The van der Waals surface area contributed by atoms with E-state index < -0.39 is 11.8 Å². The molecule has 15 heavy (non-hydrogen) atoms. The predicted molar refractivity (Wildman–Crippen MR) is 52.4 cm³/mol. The van der Waals surface area contributed by atoms with E-state index >= 15 is 0 Å². The molecule has 2 heterocycles. The Hall–Kier alpha value is -1.55. The molecule has 0 N–H and O–H groups in total. The van der Waals surface area contributed by atoms with Gasteiger partial charge in [-0.15, -0.1) is 0 Å². The average molecular weight is 227 g/mol. The molecule has 5 heteroatoms. The van der Waals surface area contributed by atoms with E-state index in [0.29, 0.717) is 16.3 Å². The number of hydrogen-bond donors (Lipinski definition) is 0. The van der Waals surface area contributed by atoms with Gasteiger partial charge in [0.15, 0.2) is 5.82 Å². The number of pyridine rings is 2. The van der Waals surface area contributed by atoms with Crippen LogP contribution in [-0.2, 0) is 0 Å². The van der Waals surface area contributed by atoms with E-state index in [-0.39, 0.29) is 0 Å². The van der Waals surface area contributed by atoms with E-state index in [1.54, 1.807) is 12.1 Å². The van der Waals surface area contributed by atoms with Crippen molar-refractivity contribution in [2.45, 2.75) is 0 Å². The summed E-state index contributed by atoms with van der Waals surface area (Å²) in [5, 5.41) is 0.481. The summed E-state index contributed by atoms with van der Waals surface area (Å²) in [4.78, 5) is 7.22. The Labute approximate surface area is 89.6 Å². The molecule has 76 valence electrons. The van der Waals surface area contributed by atoms with Gasteiger partial charge in [0, 0.05) is 18.0 Å². The smallest absolute Gasteiger partial charge is 0.248 e. The first-order chi connectivity index (χ1) is 7.16. The molecule has 0 unspecified atom stereocenters. The molecule has 0 fully saturated rings. The Kier molecular flexibility index (Phi) is 2.60. The van der Waals surface area contributed by atoms with Crippen molar-refractivity contribution in [2.24, 2.45) is 0 Å². The van der Waals surface area contributed by atoms with E-state index in [1.165, 1.54) is 12.4 Å². The highest BCUT2D eigenvalue weighted by molar-refractivity contribution is 6.30. The van der Waals surface area contributed by atoms with Gasteiger partial charge >= 0.3 is 0 Å². The lowest BCUT2D eigenvalue weighted by atomic mass is 10.2. The second-order valence-corrected chi connectivity index (χ2v) is 3.29. The highest BCUT2D eigenvalue weighted by Crippen LogP contribution is 2.19. The first-order valence-electron chi connectivity index (χ1n) is 4.10. The summed E-state index contributed by atoms with van der Waals surface area (Å²) in [5.74, 6) is -2.11. The number of rotatable bonds is 1. The van der Waals surface area contributed by atoms with Crippen LogP contribution < -0.4 is 0 Å². The summed E-state index contributed by atoms with van der Waals surface area (Å²) < 4.78 is 25.4. The fraction of sp³-hybridized carbons (Fsp3) is 0. The van der Waals surface area contributed by atoms with Crippen molar-refractivity contribution in [3.63, 3.8) is 0 Å². The molecular weight excluding hydrogens is 222 g/mol. The van der Waals surface area contributed by atoms with Crippen molar-refractivity contribution in [3.8, 4) is 11.3 Å². The van der Waals surface area contributed by atoms with Crippen molar-refractivity contribution in [1.82, 2.24) is 9.97 Å². The minimum absolute atomic E-state index is 0.408. The SMILES string of the molecule is Fc1cc(-c2ccc(Cl)cn2)cnc1F. The van der Waals surface area contributed by atoms with E-state index in [4.69, 9.17) is 11.6 Å². The van der Waals surface area contributed by atoms with Gasteiger partial charge in [0.05, 0.1) is 10.7 Å². The largest absolute Gasteiger partial charge is 0.255 e. The lowest BCUT2D eigenvalue weighted by Gasteiger charge is -2.00. The molecule has 0 aliphatic carbocycles. The molecule has 0 aliphatic rings. The third-order valence-electron chi connectivity index (χ3n) is 1.82. The molecule has 2 aromatic heterocycles. The maximum absolute atomic E-state index is 12.9. The summed E-state index contributed by atoms with van der Waals surface area (Å²) >= 11 is 5.64. The van der Waals surface area contributed by atoms with Crippen LogP contribution in [0.4, 0.5) is 8.78 Å². The molecule has 0 amide bonds. The highest BCUT2D eigenvalue weighted by Gasteiger charge is 2.06. The predicted octanol–water partition coefficient (Wildman–Crippen LogP) is 3.08. The zero-order chi connectivity index (χ0) is 10.8. The average Bonchev–Trinajstić information content (AvgIpc) is 2.23. The van der Waals surface area contributed by atoms with Crippen LogP contribution in [-0.4, -0.2) is 9.97 Å². The second kappa shape index (κ2) is 3.90. The van der Waals surface area contributed by atoms with E-state index in [1.807, 2.05) is 0 Å². The van der Waals surface area contributed by atoms with E-state index in [9.17, 15) is 8.78 Å². The first kappa shape index (κ1) is 9.98. The monoisotopic (exact) mass is 226 g/mol. The van der Waals surface area contributed by atoms with Crippen molar-refractivity contribution in [3.05, 3.63) is 47.4 Å². The molecule has 0 saturated heterocycles. The molecular formula is C10H5ClF2N2. The van der Waals surface area contributed by atoms with Crippen LogP contribution in [0.5, 0.6) is 0 Å². The van der Waals surface area contributed by atoms with E-state index in [0.717, 1.165) is 6.07 Å². The summed E-state index contributed by atoms with van der Waals surface area (Å²) in [6, 6.07) is 4.26. The Morgan fingerprint density at radius 3 is 2.47 bits per heavy atom. The summed E-state index contributed by atoms with van der Waals surface area (Å²) in [7, 11) is 0. The maximum Gasteiger partial charge on any atom is 0.248 e. The zero-order valence-corrected chi connectivity index (χ0v) is 8.17. The van der Waals surface area contributed by atoms with Crippen molar-refractivity contribution >= 4 is 11.6 Å². The zero-order valence-electron chi connectivity index (χ0n) is 7.42. The van der Waals surface area contributed by atoms with Gasteiger partial charge in [-0.1, -0.05) is 11.6 Å². The van der Waals surface area contributed by atoms with Crippen LogP contribution in [0, 0.1) is 11.8 Å². The quantitative estimate of drug-likeness (QED) is 0.699. The topological polar surface area (TPSA) is 25.8 Å². The number of halogens is 3. The van der Waals surface area contributed by atoms with Crippen LogP contribution >= 0.6 is 11.6 Å². The van der Waals surface area contributed by atoms with Gasteiger partial charge in [-0.25, -0.2) is 9.37 Å². The normalized spacial score (nSPS) is 10.3. The van der Waals surface area contributed by atoms with Gasteiger partial charge in [-0.3, -0.25) is 4.98 Å². The minimum Gasteiger partial charge on any atom is -0.255 e. The molecule has 0 radical (unpaired) electrons. The first-order valence-corrected chi connectivity index (χ1v) is 4.47. The lowest BCUT2D eigenvalue weighted by molar-refractivity contribution is 0.480. The number of aromatic nitrogens is 2. The van der Waals surface area contributed by atoms with Crippen molar-refractivity contribution < 1.29 is 8.78 Å². The fourth-order valence-corrected chi connectivity index (χ4v) is 1.22. The van der Waals surface area contributed by atoms with Gasteiger partial charge < -0.3 is 0 Å². The second-order valence-electron chi connectivity index (χ2n) is 2.86. The summed E-state index contributed by atoms with van der Waals surface area (Å²) in [5.41, 5.74) is 0.899. The van der Waals surface area contributed by atoms with Gasteiger partial charge in [0.2, 0.25) is 5.95 Å². The van der Waals surface area contributed by atoms with Crippen LogP contribution in [0.3, 0.4) is 0 Å². The molecule has 0 aliphatic heterocycles. The molecule has 0 saturated carbocycles. The highest BCUT2D eigenvalue weighted by atomic mass is 35.5. The third-order valence-corrected chi connectivity index (χ3v) is 2.04. The molecule has 2 nitrogen and oxygen atoms in total. The van der Waals surface area contributed by atoms with Crippen molar-refractivity contribution in [2.75, 3.05) is 0 Å². The number of hydrogen-bond acceptors (Lipinski definition) is 2. The van der Waals surface area contributed by atoms with Crippen LogP contribution in [0.25, 0.3) is 11.3 Å². The van der Waals surface area contributed by atoms with Crippen LogP contribution in [0.1, 0.15) is 0 Å². The maximum atomic E-state index is 12.9. The van der Waals surface area contributed by atoms with Gasteiger partial charge in [-0.2, -0.15) is 4.39 Å². The molecule has 0 bridgehead atoms.